The molecule has 3 aromatic rings. The van der Waals surface area contributed by atoms with Gasteiger partial charge in [0.05, 0.1) is 23.2 Å². The maximum Gasteiger partial charge on any atom is 0.338 e. The molecule has 0 aliphatic carbocycles. The number of carbonyl (C=O) groups excluding carboxylic acids is 4. The SMILES string of the molecule is CC(OC(=O)c1ccc2c(c1)C(=O)N(Cc1ccncc1)C2=O)C(=O)N1CCCc2ccccc21. The Morgan fingerprint density at radius 3 is 2.54 bits per heavy atom. The van der Waals surface area contributed by atoms with E-state index in [0.717, 1.165) is 34.6 Å². The van der Waals surface area contributed by atoms with Crippen molar-refractivity contribution in [2.75, 3.05) is 11.4 Å². The quantitative estimate of drug-likeness (QED) is 0.420. The fourth-order valence-corrected chi connectivity index (χ4v) is 4.49. The van der Waals surface area contributed by atoms with Gasteiger partial charge < -0.3 is 9.64 Å². The summed E-state index contributed by atoms with van der Waals surface area (Å²) in [6.07, 6.45) is 3.90. The van der Waals surface area contributed by atoms with Crippen LogP contribution in [0, 0.1) is 0 Å². The third-order valence-electron chi connectivity index (χ3n) is 6.30. The van der Waals surface area contributed by atoms with Crippen molar-refractivity contribution in [1.29, 1.82) is 0 Å². The first-order valence-electron chi connectivity index (χ1n) is 11.4. The minimum absolute atomic E-state index is 0.106. The Morgan fingerprint density at radius 2 is 1.74 bits per heavy atom. The molecular formula is C27H23N3O5. The van der Waals surface area contributed by atoms with Crippen molar-refractivity contribution in [2.45, 2.75) is 32.4 Å². The summed E-state index contributed by atoms with van der Waals surface area (Å²) >= 11 is 0. The Kier molecular flexibility index (Phi) is 5.86. The van der Waals surface area contributed by atoms with E-state index in [2.05, 4.69) is 4.98 Å². The number of anilines is 1. The van der Waals surface area contributed by atoms with Crippen LogP contribution in [0.5, 0.6) is 0 Å². The van der Waals surface area contributed by atoms with Crippen LogP contribution < -0.4 is 4.90 Å². The number of hydrogen-bond donors (Lipinski definition) is 0. The topological polar surface area (TPSA) is 96.9 Å². The number of pyridine rings is 1. The molecule has 5 rings (SSSR count). The molecule has 8 heteroatoms. The standard InChI is InChI=1S/C27H23N3O5/c1-17(24(31)29-14-4-6-19-5-2-3-7-23(19)29)35-27(34)20-8-9-21-22(15-20)26(33)30(25(21)32)16-18-10-12-28-13-11-18/h2-3,5,7-13,15,17H,4,6,14,16H2,1H3. The maximum atomic E-state index is 13.1. The summed E-state index contributed by atoms with van der Waals surface area (Å²) in [7, 11) is 0. The lowest BCUT2D eigenvalue weighted by molar-refractivity contribution is -0.126. The van der Waals surface area contributed by atoms with Crippen molar-refractivity contribution in [3.8, 4) is 0 Å². The average Bonchev–Trinajstić information content (AvgIpc) is 3.12. The smallest absolute Gasteiger partial charge is 0.338 e. The molecule has 0 fully saturated rings. The highest BCUT2D eigenvalue weighted by atomic mass is 16.5. The minimum atomic E-state index is -1.01. The van der Waals surface area contributed by atoms with E-state index in [9.17, 15) is 19.2 Å². The van der Waals surface area contributed by atoms with Gasteiger partial charge in [-0.2, -0.15) is 0 Å². The Bertz CT molecular complexity index is 1340. The number of aryl methyl sites for hydroxylation is 1. The Hall–Kier alpha value is -4.33. The molecule has 0 bridgehead atoms. The number of hydrogen-bond acceptors (Lipinski definition) is 6. The summed E-state index contributed by atoms with van der Waals surface area (Å²) in [5, 5.41) is 0. The van der Waals surface area contributed by atoms with Gasteiger partial charge in [0, 0.05) is 24.6 Å². The van der Waals surface area contributed by atoms with E-state index < -0.39 is 23.9 Å². The molecule has 35 heavy (non-hydrogen) atoms. The van der Waals surface area contributed by atoms with Crippen molar-refractivity contribution >= 4 is 29.4 Å². The number of benzene rings is 2. The molecule has 2 aromatic carbocycles. The van der Waals surface area contributed by atoms with Gasteiger partial charge in [0.25, 0.3) is 17.7 Å². The van der Waals surface area contributed by atoms with Gasteiger partial charge in [-0.05, 0) is 67.3 Å². The van der Waals surface area contributed by atoms with E-state index >= 15 is 0 Å². The van der Waals surface area contributed by atoms with Gasteiger partial charge in [-0.1, -0.05) is 18.2 Å². The molecule has 3 amide bonds. The number of rotatable bonds is 5. The number of nitrogens with zero attached hydrogens (tertiary/aromatic N) is 3. The first kappa shape index (κ1) is 22.5. The second-order valence-electron chi connectivity index (χ2n) is 8.58. The third kappa shape index (κ3) is 4.19. The fourth-order valence-electron chi connectivity index (χ4n) is 4.49. The normalized spacial score (nSPS) is 15.5. The minimum Gasteiger partial charge on any atom is -0.449 e. The Balaban J connectivity index is 1.30. The van der Waals surface area contributed by atoms with E-state index in [1.807, 2.05) is 24.3 Å². The fraction of sp³-hybridized carbons (Fsp3) is 0.222. The maximum absolute atomic E-state index is 13.1. The molecule has 1 atom stereocenters. The van der Waals surface area contributed by atoms with Crippen molar-refractivity contribution in [2.24, 2.45) is 0 Å². The highest BCUT2D eigenvalue weighted by Gasteiger charge is 2.36. The van der Waals surface area contributed by atoms with Crippen LogP contribution in [-0.4, -0.2) is 46.2 Å². The van der Waals surface area contributed by atoms with Gasteiger partial charge in [-0.15, -0.1) is 0 Å². The summed E-state index contributed by atoms with van der Waals surface area (Å²) in [4.78, 5) is 58.3. The molecule has 1 aromatic heterocycles. The van der Waals surface area contributed by atoms with Crippen LogP contribution in [-0.2, 0) is 22.5 Å². The number of ether oxygens (including phenoxy) is 1. The molecule has 2 aliphatic rings. The van der Waals surface area contributed by atoms with Gasteiger partial charge in [0.15, 0.2) is 6.10 Å². The first-order valence-corrected chi connectivity index (χ1v) is 11.4. The molecule has 3 heterocycles. The zero-order valence-corrected chi connectivity index (χ0v) is 19.1. The Labute approximate surface area is 202 Å². The van der Waals surface area contributed by atoms with Crippen LogP contribution in [0.2, 0.25) is 0 Å². The molecule has 2 aliphatic heterocycles. The summed E-state index contributed by atoms with van der Waals surface area (Å²) in [5.41, 5.74) is 3.17. The lowest BCUT2D eigenvalue weighted by Crippen LogP contribution is -2.42. The predicted octanol–water partition coefficient (Wildman–Crippen LogP) is 3.40. The van der Waals surface area contributed by atoms with E-state index in [4.69, 9.17) is 4.74 Å². The highest BCUT2D eigenvalue weighted by Crippen LogP contribution is 2.28. The number of para-hydroxylation sites is 1. The van der Waals surface area contributed by atoms with E-state index in [1.165, 1.54) is 25.1 Å². The number of esters is 1. The summed E-state index contributed by atoms with van der Waals surface area (Å²) in [5.74, 6) is -1.94. The van der Waals surface area contributed by atoms with Crippen molar-refractivity contribution in [3.05, 3.63) is 94.8 Å². The zero-order chi connectivity index (χ0) is 24.5. The summed E-state index contributed by atoms with van der Waals surface area (Å²) in [6, 6.07) is 15.4. The summed E-state index contributed by atoms with van der Waals surface area (Å²) < 4.78 is 5.46. The number of imide groups is 1. The molecule has 0 N–H and O–H groups in total. The number of carbonyl (C=O) groups is 4. The zero-order valence-electron chi connectivity index (χ0n) is 19.1. The molecule has 176 valence electrons. The summed E-state index contributed by atoms with van der Waals surface area (Å²) in [6.45, 7) is 2.20. The average molecular weight is 469 g/mol. The molecule has 0 saturated carbocycles. The van der Waals surface area contributed by atoms with Crippen molar-refractivity contribution in [1.82, 2.24) is 9.88 Å². The Morgan fingerprint density at radius 1 is 1.00 bits per heavy atom. The van der Waals surface area contributed by atoms with Gasteiger partial charge in [0.2, 0.25) is 0 Å². The van der Waals surface area contributed by atoms with Crippen LogP contribution in [0.25, 0.3) is 0 Å². The van der Waals surface area contributed by atoms with E-state index in [1.54, 1.807) is 29.4 Å². The van der Waals surface area contributed by atoms with Crippen LogP contribution in [0.4, 0.5) is 5.69 Å². The molecule has 0 saturated heterocycles. The van der Waals surface area contributed by atoms with E-state index in [-0.39, 0.29) is 29.1 Å². The number of aromatic nitrogens is 1. The molecule has 0 radical (unpaired) electrons. The van der Waals surface area contributed by atoms with Gasteiger partial charge in [-0.25, -0.2) is 4.79 Å². The monoisotopic (exact) mass is 469 g/mol. The van der Waals surface area contributed by atoms with Gasteiger partial charge in [-0.3, -0.25) is 24.3 Å². The van der Waals surface area contributed by atoms with Crippen molar-refractivity contribution < 1.29 is 23.9 Å². The third-order valence-corrected chi connectivity index (χ3v) is 6.30. The number of amides is 3. The highest BCUT2D eigenvalue weighted by molar-refractivity contribution is 6.21. The van der Waals surface area contributed by atoms with E-state index in [0.29, 0.717) is 6.54 Å². The molecule has 1 unspecified atom stereocenters. The number of fused-ring (bicyclic) bond motifs is 2. The lowest BCUT2D eigenvalue weighted by Gasteiger charge is -2.31. The lowest BCUT2D eigenvalue weighted by atomic mass is 10.0. The second kappa shape index (κ2) is 9.13. The largest absolute Gasteiger partial charge is 0.449 e. The van der Waals surface area contributed by atoms with Crippen molar-refractivity contribution in [3.63, 3.8) is 0 Å². The van der Waals surface area contributed by atoms with Crippen LogP contribution >= 0.6 is 0 Å². The van der Waals surface area contributed by atoms with Gasteiger partial charge in [0.1, 0.15) is 0 Å². The van der Waals surface area contributed by atoms with Crippen LogP contribution in [0.15, 0.2) is 67.0 Å². The predicted molar refractivity (Wildman–Crippen MR) is 127 cm³/mol. The van der Waals surface area contributed by atoms with Gasteiger partial charge >= 0.3 is 5.97 Å². The molecule has 8 nitrogen and oxygen atoms in total. The van der Waals surface area contributed by atoms with Crippen LogP contribution in [0.3, 0.4) is 0 Å². The molecule has 0 spiro atoms. The van der Waals surface area contributed by atoms with Crippen LogP contribution in [0.1, 0.15) is 55.5 Å². The molecular weight excluding hydrogens is 446 g/mol. The second-order valence-corrected chi connectivity index (χ2v) is 8.58. The first-order chi connectivity index (χ1) is 16.9.